The van der Waals surface area contributed by atoms with Gasteiger partial charge in [-0.25, -0.2) is 0 Å². The molecule has 4 heteroatoms. The molecule has 0 aliphatic carbocycles. The van der Waals surface area contributed by atoms with Crippen molar-refractivity contribution in [2.45, 2.75) is 19.7 Å². The quantitative estimate of drug-likeness (QED) is 0.869. The Kier molecular flexibility index (Phi) is 5.20. The number of nitrogens with one attached hydrogen (secondary N) is 1. The summed E-state index contributed by atoms with van der Waals surface area (Å²) < 4.78 is 6.03. The van der Waals surface area contributed by atoms with E-state index in [2.05, 4.69) is 29.6 Å². The van der Waals surface area contributed by atoms with E-state index in [1.54, 1.807) is 18.4 Å². The van der Waals surface area contributed by atoms with Crippen LogP contribution in [0.1, 0.15) is 16.0 Å². The van der Waals surface area contributed by atoms with Crippen LogP contribution in [0.2, 0.25) is 4.34 Å². The summed E-state index contributed by atoms with van der Waals surface area (Å²) in [6.07, 6.45) is 0. The Balaban J connectivity index is 1.89. The van der Waals surface area contributed by atoms with E-state index in [1.807, 2.05) is 12.1 Å². The average molecular weight is 282 g/mol. The van der Waals surface area contributed by atoms with Crippen molar-refractivity contribution in [2.24, 2.45) is 0 Å². The first-order valence-electron chi connectivity index (χ1n) is 5.80. The van der Waals surface area contributed by atoms with E-state index in [9.17, 15) is 0 Å². The molecule has 0 bridgehead atoms. The van der Waals surface area contributed by atoms with E-state index in [4.69, 9.17) is 16.3 Å². The van der Waals surface area contributed by atoms with E-state index in [0.717, 1.165) is 17.4 Å². The first kappa shape index (κ1) is 13.6. The van der Waals surface area contributed by atoms with Gasteiger partial charge in [0, 0.05) is 25.1 Å². The van der Waals surface area contributed by atoms with Crippen LogP contribution in [-0.2, 0) is 24.4 Å². The van der Waals surface area contributed by atoms with E-state index in [0.29, 0.717) is 6.61 Å². The molecule has 1 N–H and O–H groups in total. The highest BCUT2D eigenvalue weighted by Gasteiger charge is 2.02. The molecule has 96 valence electrons. The lowest BCUT2D eigenvalue weighted by Crippen LogP contribution is -2.13. The van der Waals surface area contributed by atoms with Crippen LogP contribution in [0.25, 0.3) is 0 Å². The molecule has 0 atom stereocenters. The molecular formula is C14H16ClNOS. The smallest absolute Gasteiger partial charge is 0.0931 e. The molecule has 0 spiro atoms. The molecular weight excluding hydrogens is 266 g/mol. The number of thiophene rings is 1. The first-order valence-corrected chi connectivity index (χ1v) is 6.99. The van der Waals surface area contributed by atoms with Gasteiger partial charge in [0.15, 0.2) is 0 Å². The molecule has 0 amide bonds. The van der Waals surface area contributed by atoms with Gasteiger partial charge in [0.2, 0.25) is 0 Å². The summed E-state index contributed by atoms with van der Waals surface area (Å²) in [6, 6.07) is 12.3. The number of halogens is 1. The van der Waals surface area contributed by atoms with Gasteiger partial charge in [-0.1, -0.05) is 35.9 Å². The van der Waals surface area contributed by atoms with Gasteiger partial charge in [0.1, 0.15) is 0 Å². The van der Waals surface area contributed by atoms with E-state index < -0.39 is 0 Å². The number of hydrogen-bond donors (Lipinski definition) is 1. The third-order valence-electron chi connectivity index (χ3n) is 2.66. The van der Waals surface area contributed by atoms with Crippen molar-refractivity contribution in [3.05, 3.63) is 56.7 Å². The van der Waals surface area contributed by atoms with Crippen molar-refractivity contribution in [1.82, 2.24) is 5.32 Å². The van der Waals surface area contributed by atoms with E-state index in [1.165, 1.54) is 16.0 Å². The summed E-state index contributed by atoms with van der Waals surface area (Å²) in [5.74, 6) is 0. The van der Waals surface area contributed by atoms with Crippen LogP contribution in [0.3, 0.4) is 0 Å². The minimum atomic E-state index is 0.655. The minimum absolute atomic E-state index is 0.655. The van der Waals surface area contributed by atoms with Gasteiger partial charge >= 0.3 is 0 Å². The van der Waals surface area contributed by atoms with Crippen molar-refractivity contribution in [1.29, 1.82) is 0 Å². The van der Waals surface area contributed by atoms with E-state index >= 15 is 0 Å². The molecule has 0 saturated carbocycles. The first-order chi connectivity index (χ1) is 8.79. The molecule has 2 nitrogen and oxygen atoms in total. The highest BCUT2D eigenvalue weighted by molar-refractivity contribution is 7.16. The molecule has 1 aromatic heterocycles. The Morgan fingerprint density at radius 2 is 1.89 bits per heavy atom. The molecule has 0 fully saturated rings. The van der Waals surface area contributed by atoms with Crippen LogP contribution in [0, 0.1) is 0 Å². The predicted octanol–water partition coefficient (Wildman–Crippen LogP) is 3.84. The largest absolute Gasteiger partial charge is 0.380 e. The Hall–Kier alpha value is -0.870. The van der Waals surface area contributed by atoms with Crippen molar-refractivity contribution in [3.8, 4) is 0 Å². The highest BCUT2D eigenvalue weighted by Crippen LogP contribution is 2.21. The maximum atomic E-state index is 5.90. The van der Waals surface area contributed by atoms with Crippen molar-refractivity contribution in [2.75, 3.05) is 7.11 Å². The minimum Gasteiger partial charge on any atom is -0.380 e. The molecule has 0 aliphatic rings. The maximum absolute atomic E-state index is 5.90. The van der Waals surface area contributed by atoms with E-state index in [-0.39, 0.29) is 0 Å². The number of hydrogen-bond acceptors (Lipinski definition) is 3. The van der Waals surface area contributed by atoms with Crippen LogP contribution in [0.4, 0.5) is 0 Å². The van der Waals surface area contributed by atoms with Gasteiger partial charge in [-0.2, -0.15) is 0 Å². The highest BCUT2D eigenvalue weighted by atomic mass is 35.5. The molecule has 0 aliphatic heterocycles. The van der Waals surface area contributed by atoms with Crippen molar-refractivity contribution >= 4 is 22.9 Å². The fourth-order valence-corrected chi connectivity index (χ4v) is 2.85. The second-order valence-electron chi connectivity index (χ2n) is 4.01. The summed E-state index contributed by atoms with van der Waals surface area (Å²) >= 11 is 7.51. The summed E-state index contributed by atoms with van der Waals surface area (Å²) in [6.45, 7) is 2.34. The molecule has 1 heterocycles. The zero-order valence-corrected chi connectivity index (χ0v) is 11.9. The summed E-state index contributed by atoms with van der Waals surface area (Å²) in [7, 11) is 1.72. The molecule has 0 saturated heterocycles. The zero-order chi connectivity index (χ0) is 12.8. The maximum Gasteiger partial charge on any atom is 0.0931 e. The van der Waals surface area contributed by atoms with Crippen molar-refractivity contribution < 1.29 is 4.74 Å². The van der Waals surface area contributed by atoms with Crippen molar-refractivity contribution in [3.63, 3.8) is 0 Å². The van der Waals surface area contributed by atoms with Gasteiger partial charge in [-0.15, -0.1) is 11.3 Å². The van der Waals surface area contributed by atoms with Gasteiger partial charge in [-0.05, 0) is 23.3 Å². The second kappa shape index (κ2) is 6.90. The predicted molar refractivity (Wildman–Crippen MR) is 77.0 cm³/mol. The van der Waals surface area contributed by atoms with Crippen LogP contribution in [0.5, 0.6) is 0 Å². The average Bonchev–Trinajstić information content (AvgIpc) is 2.78. The zero-order valence-electron chi connectivity index (χ0n) is 10.3. The topological polar surface area (TPSA) is 21.3 Å². The summed E-state index contributed by atoms with van der Waals surface area (Å²) in [4.78, 5) is 1.25. The lowest BCUT2D eigenvalue weighted by molar-refractivity contribution is 0.184. The molecule has 0 radical (unpaired) electrons. The van der Waals surface area contributed by atoms with Gasteiger partial charge in [0.25, 0.3) is 0 Å². The third-order valence-corrected chi connectivity index (χ3v) is 3.89. The van der Waals surface area contributed by atoms with Crippen LogP contribution < -0.4 is 5.32 Å². The van der Waals surface area contributed by atoms with Crippen LogP contribution in [0.15, 0.2) is 36.4 Å². The number of benzene rings is 1. The molecule has 18 heavy (non-hydrogen) atoms. The summed E-state index contributed by atoms with van der Waals surface area (Å²) in [5, 5.41) is 3.43. The normalized spacial score (nSPS) is 10.8. The lowest BCUT2D eigenvalue weighted by Gasteiger charge is -2.09. The van der Waals surface area contributed by atoms with Gasteiger partial charge in [0.05, 0.1) is 10.9 Å². The fourth-order valence-electron chi connectivity index (χ4n) is 1.79. The number of rotatable bonds is 6. The Morgan fingerprint density at radius 1 is 1.11 bits per heavy atom. The molecule has 0 unspecified atom stereocenters. The molecule has 2 rings (SSSR count). The fraction of sp³-hybridized carbons (Fsp3) is 0.286. The summed E-state index contributed by atoms with van der Waals surface area (Å²) in [5.41, 5.74) is 2.51. The van der Waals surface area contributed by atoms with Crippen LogP contribution >= 0.6 is 22.9 Å². The molecule has 1 aromatic carbocycles. The standard InChI is InChI=1S/C14H16ClNOS/c1-17-10-12-5-3-2-4-11(12)8-16-9-13-6-7-14(15)18-13/h2-7,16H,8-10H2,1H3. The SMILES string of the molecule is COCc1ccccc1CNCc1ccc(Cl)s1. The number of methoxy groups -OCH3 is 1. The lowest BCUT2D eigenvalue weighted by atomic mass is 10.1. The van der Waals surface area contributed by atoms with Crippen LogP contribution in [-0.4, -0.2) is 7.11 Å². The third kappa shape index (κ3) is 3.82. The Labute approximate surface area is 117 Å². The monoisotopic (exact) mass is 281 g/mol. The van der Waals surface area contributed by atoms with Gasteiger partial charge in [-0.3, -0.25) is 0 Å². The Morgan fingerprint density at radius 3 is 2.56 bits per heavy atom. The second-order valence-corrected chi connectivity index (χ2v) is 5.81. The van der Waals surface area contributed by atoms with Gasteiger partial charge < -0.3 is 10.1 Å². The number of ether oxygens (including phenoxy) is 1. The Bertz CT molecular complexity index is 498. The molecule has 2 aromatic rings.